The molecule has 3 nitrogen and oxygen atoms in total. The van der Waals surface area contributed by atoms with Crippen molar-refractivity contribution in [3.63, 3.8) is 0 Å². The van der Waals surface area contributed by atoms with Crippen LogP contribution in [0.5, 0.6) is 11.5 Å². The first kappa shape index (κ1) is 14.9. The summed E-state index contributed by atoms with van der Waals surface area (Å²) in [6.45, 7) is 3.78. The Labute approximate surface area is 123 Å². The third-order valence-corrected chi connectivity index (χ3v) is 3.26. The number of ether oxygens (including phenoxy) is 1. The summed E-state index contributed by atoms with van der Waals surface area (Å²) in [4.78, 5) is 4.27. The van der Waals surface area contributed by atoms with Crippen LogP contribution in [-0.4, -0.2) is 4.98 Å². The maximum atomic E-state index is 13.7. The molecule has 0 atom stereocenters. The molecule has 0 fully saturated rings. The van der Waals surface area contributed by atoms with Gasteiger partial charge in [0.25, 0.3) is 0 Å². The number of pyridine rings is 1. The van der Waals surface area contributed by atoms with Crippen LogP contribution in [0.15, 0.2) is 22.7 Å². The molecule has 0 amide bonds. The number of hydrogen-bond acceptors (Lipinski definition) is 3. The lowest BCUT2D eigenvalue weighted by Crippen LogP contribution is -2.05. The van der Waals surface area contributed by atoms with Gasteiger partial charge in [-0.1, -0.05) is 15.9 Å². The molecule has 1 aromatic carbocycles. The number of aromatic nitrogens is 1. The lowest BCUT2D eigenvalue weighted by molar-refractivity contribution is 0.411. The Kier molecular flexibility index (Phi) is 4.35. The number of hydrogen-bond donors (Lipinski definition) is 1. The zero-order valence-electron chi connectivity index (χ0n) is 11.0. The average molecular weight is 343 g/mol. The van der Waals surface area contributed by atoms with E-state index in [1.807, 2.05) is 0 Å². The summed E-state index contributed by atoms with van der Waals surface area (Å²) in [6, 6.07) is 4.05. The Morgan fingerprint density at radius 1 is 1.20 bits per heavy atom. The molecule has 20 heavy (non-hydrogen) atoms. The minimum Gasteiger partial charge on any atom is -0.454 e. The Morgan fingerprint density at radius 2 is 1.90 bits per heavy atom. The van der Waals surface area contributed by atoms with E-state index in [1.165, 1.54) is 6.07 Å². The third-order valence-electron chi connectivity index (χ3n) is 2.80. The van der Waals surface area contributed by atoms with Crippen LogP contribution in [0.4, 0.5) is 8.78 Å². The minimum absolute atomic E-state index is 0.198. The molecule has 106 valence electrons. The molecule has 0 spiro atoms. The van der Waals surface area contributed by atoms with Crippen LogP contribution in [-0.2, 0) is 6.54 Å². The number of benzene rings is 1. The highest BCUT2D eigenvalue weighted by Crippen LogP contribution is 2.32. The van der Waals surface area contributed by atoms with E-state index >= 15 is 0 Å². The number of nitrogens with zero attached hydrogens (tertiary/aromatic N) is 1. The summed E-state index contributed by atoms with van der Waals surface area (Å²) in [5.74, 6) is -1.83. The van der Waals surface area contributed by atoms with Crippen molar-refractivity contribution in [2.75, 3.05) is 0 Å². The van der Waals surface area contributed by atoms with E-state index in [9.17, 15) is 8.78 Å². The van der Waals surface area contributed by atoms with E-state index in [2.05, 4.69) is 20.9 Å². The summed E-state index contributed by atoms with van der Waals surface area (Å²) in [5.41, 5.74) is 7.74. The number of nitrogens with two attached hydrogens (primary N) is 1. The van der Waals surface area contributed by atoms with Crippen molar-refractivity contribution >= 4 is 15.9 Å². The predicted molar refractivity (Wildman–Crippen MR) is 75.7 cm³/mol. The van der Waals surface area contributed by atoms with Gasteiger partial charge in [0.05, 0.1) is 0 Å². The maximum absolute atomic E-state index is 13.7. The quantitative estimate of drug-likeness (QED) is 0.858. The summed E-state index contributed by atoms with van der Waals surface area (Å²) >= 11 is 3.10. The van der Waals surface area contributed by atoms with Crippen LogP contribution in [0.25, 0.3) is 0 Å². The predicted octanol–water partition coefficient (Wildman–Crippen LogP) is 3.99. The first-order valence-electron chi connectivity index (χ1n) is 5.92. The molecule has 0 radical (unpaired) electrons. The molecule has 2 aromatic rings. The van der Waals surface area contributed by atoms with Crippen LogP contribution < -0.4 is 10.5 Å². The SMILES string of the molecule is Cc1cc(Oc2cc(Br)cc(F)c2F)c(CN)c(C)n1. The van der Waals surface area contributed by atoms with Crippen LogP contribution >= 0.6 is 15.9 Å². The fourth-order valence-corrected chi connectivity index (χ4v) is 2.29. The molecular formula is C14H13BrF2N2O. The smallest absolute Gasteiger partial charge is 0.201 e. The molecule has 0 aliphatic rings. The first-order valence-corrected chi connectivity index (χ1v) is 6.71. The maximum Gasteiger partial charge on any atom is 0.201 e. The van der Waals surface area contributed by atoms with E-state index in [0.29, 0.717) is 27.2 Å². The lowest BCUT2D eigenvalue weighted by atomic mass is 10.1. The van der Waals surface area contributed by atoms with Gasteiger partial charge in [-0.15, -0.1) is 0 Å². The summed E-state index contributed by atoms with van der Waals surface area (Å²) in [7, 11) is 0. The summed E-state index contributed by atoms with van der Waals surface area (Å²) in [5, 5.41) is 0. The van der Waals surface area contributed by atoms with Gasteiger partial charge < -0.3 is 10.5 Å². The second-order valence-corrected chi connectivity index (χ2v) is 5.25. The van der Waals surface area contributed by atoms with Crippen molar-refractivity contribution in [1.82, 2.24) is 4.98 Å². The van der Waals surface area contributed by atoms with Crippen molar-refractivity contribution in [2.45, 2.75) is 20.4 Å². The Morgan fingerprint density at radius 3 is 2.55 bits per heavy atom. The molecule has 6 heteroatoms. The van der Waals surface area contributed by atoms with E-state index in [4.69, 9.17) is 10.5 Å². The van der Waals surface area contributed by atoms with Crippen molar-refractivity contribution in [3.8, 4) is 11.5 Å². The van der Waals surface area contributed by atoms with Gasteiger partial charge in [0, 0.05) is 34.0 Å². The number of rotatable bonds is 3. The Bertz CT molecular complexity index is 662. The van der Waals surface area contributed by atoms with E-state index in [0.717, 1.165) is 6.07 Å². The topological polar surface area (TPSA) is 48.1 Å². The van der Waals surface area contributed by atoms with Gasteiger partial charge in [0.1, 0.15) is 5.75 Å². The van der Waals surface area contributed by atoms with E-state index in [-0.39, 0.29) is 12.3 Å². The van der Waals surface area contributed by atoms with Crippen LogP contribution in [0.1, 0.15) is 17.0 Å². The van der Waals surface area contributed by atoms with E-state index < -0.39 is 11.6 Å². The minimum atomic E-state index is -1.04. The lowest BCUT2D eigenvalue weighted by Gasteiger charge is -2.14. The highest BCUT2D eigenvalue weighted by Gasteiger charge is 2.15. The van der Waals surface area contributed by atoms with Gasteiger partial charge >= 0.3 is 0 Å². The molecule has 0 aliphatic heterocycles. The molecule has 0 bridgehead atoms. The van der Waals surface area contributed by atoms with Crippen molar-refractivity contribution in [1.29, 1.82) is 0 Å². The van der Waals surface area contributed by atoms with Gasteiger partial charge in [-0.25, -0.2) is 4.39 Å². The second kappa shape index (κ2) is 5.85. The first-order chi connectivity index (χ1) is 9.42. The molecule has 1 heterocycles. The van der Waals surface area contributed by atoms with Gasteiger partial charge in [-0.2, -0.15) is 4.39 Å². The summed E-state index contributed by atoms with van der Waals surface area (Å²) in [6.07, 6.45) is 0. The van der Waals surface area contributed by atoms with Gasteiger partial charge in [-0.3, -0.25) is 4.98 Å². The Balaban J connectivity index is 2.50. The van der Waals surface area contributed by atoms with Crippen LogP contribution in [0.2, 0.25) is 0 Å². The molecule has 2 N–H and O–H groups in total. The molecule has 2 rings (SSSR count). The van der Waals surface area contributed by atoms with E-state index in [1.54, 1.807) is 19.9 Å². The van der Waals surface area contributed by atoms with Crippen molar-refractivity contribution in [2.24, 2.45) is 5.73 Å². The van der Waals surface area contributed by atoms with Gasteiger partial charge in [0.15, 0.2) is 11.6 Å². The van der Waals surface area contributed by atoms with Gasteiger partial charge in [0.2, 0.25) is 5.82 Å². The molecule has 0 saturated heterocycles. The van der Waals surface area contributed by atoms with Crippen LogP contribution in [0, 0.1) is 25.5 Å². The fourth-order valence-electron chi connectivity index (χ4n) is 1.88. The monoisotopic (exact) mass is 342 g/mol. The molecule has 0 saturated carbocycles. The second-order valence-electron chi connectivity index (χ2n) is 4.33. The average Bonchev–Trinajstić information content (AvgIpc) is 2.35. The normalized spacial score (nSPS) is 10.7. The standard InChI is InChI=1S/C14H13BrF2N2O/c1-7-3-12(10(6-18)8(2)19-7)20-13-5-9(15)4-11(16)14(13)17/h3-5H,6,18H2,1-2H3. The third kappa shape index (κ3) is 2.96. The van der Waals surface area contributed by atoms with Gasteiger partial charge in [-0.05, 0) is 26.0 Å². The van der Waals surface area contributed by atoms with Crippen molar-refractivity contribution < 1.29 is 13.5 Å². The van der Waals surface area contributed by atoms with Crippen LogP contribution in [0.3, 0.4) is 0 Å². The highest BCUT2D eigenvalue weighted by molar-refractivity contribution is 9.10. The molecule has 0 aliphatic carbocycles. The molecule has 1 aromatic heterocycles. The zero-order chi connectivity index (χ0) is 14.9. The number of halogens is 3. The van der Waals surface area contributed by atoms with Crippen molar-refractivity contribution in [3.05, 3.63) is 51.3 Å². The number of aryl methyl sites for hydroxylation is 2. The Hall–Kier alpha value is -1.53. The highest BCUT2D eigenvalue weighted by atomic mass is 79.9. The zero-order valence-corrected chi connectivity index (χ0v) is 12.6. The largest absolute Gasteiger partial charge is 0.454 e. The summed E-state index contributed by atoms with van der Waals surface area (Å²) < 4.78 is 33.0. The molecule has 0 unspecified atom stereocenters. The molecular weight excluding hydrogens is 330 g/mol. The fraction of sp³-hybridized carbons (Fsp3) is 0.214.